The molecule has 0 unspecified atom stereocenters. The molecule has 7 nitrogen and oxygen atoms in total. The number of anilines is 2. The molecule has 0 aliphatic rings. The van der Waals surface area contributed by atoms with Gasteiger partial charge in [-0.15, -0.1) is 0 Å². The highest BCUT2D eigenvalue weighted by Crippen LogP contribution is 2.18. The second-order valence-corrected chi connectivity index (χ2v) is 6.99. The Bertz CT molecular complexity index is 1370. The molecule has 3 aromatic carbocycles. The first-order valence-electron chi connectivity index (χ1n) is 9.39. The van der Waals surface area contributed by atoms with Crippen LogP contribution in [-0.4, -0.2) is 15.0 Å². The Hall–Kier alpha value is -4.13. The smallest absolute Gasteiger partial charge is 0.331 e. The molecule has 4 rings (SSSR count). The van der Waals surface area contributed by atoms with E-state index in [9.17, 15) is 14.4 Å². The molecule has 0 radical (unpaired) electrons. The van der Waals surface area contributed by atoms with Gasteiger partial charge in [0.05, 0.1) is 28.8 Å². The minimum Gasteiger partial charge on any atom is -0.397 e. The van der Waals surface area contributed by atoms with Gasteiger partial charge in [-0.1, -0.05) is 36.4 Å². The first-order chi connectivity index (χ1) is 14.5. The van der Waals surface area contributed by atoms with Gasteiger partial charge in [0.15, 0.2) is 0 Å². The quantitative estimate of drug-likeness (QED) is 0.514. The average molecular weight is 400 g/mol. The molecule has 30 heavy (non-hydrogen) atoms. The van der Waals surface area contributed by atoms with Crippen LogP contribution < -0.4 is 22.3 Å². The number of hydrogen-bond acceptors (Lipinski definition) is 4. The van der Waals surface area contributed by atoms with Crippen LogP contribution >= 0.6 is 0 Å². The van der Waals surface area contributed by atoms with Crippen molar-refractivity contribution in [3.63, 3.8) is 0 Å². The fourth-order valence-corrected chi connectivity index (χ4v) is 3.35. The van der Waals surface area contributed by atoms with E-state index in [4.69, 9.17) is 5.73 Å². The second kappa shape index (κ2) is 7.71. The largest absolute Gasteiger partial charge is 0.397 e. The minimum atomic E-state index is -0.389. The summed E-state index contributed by atoms with van der Waals surface area (Å²) < 4.78 is 2.66. The van der Waals surface area contributed by atoms with Gasteiger partial charge in [0, 0.05) is 12.6 Å². The Kier molecular flexibility index (Phi) is 4.93. The van der Waals surface area contributed by atoms with Crippen molar-refractivity contribution in [3.8, 4) is 0 Å². The van der Waals surface area contributed by atoms with E-state index in [1.807, 2.05) is 0 Å². The van der Waals surface area contributed by atoms with E-state index in [1.54, 1.807) is 79.8 Å². The molecule has 0 aliphatic carbocycles. The van der Waals surface area contributed by atoms with Crippen molar-refractivity contribution in [1.82, 2.24) is 9.13 Å². The molecule has 0 aliphatic heterocycles. The number of nitrogen functional groups attached to an aromatic ring is 1. The Morgan fingerprint density at radius 1 is 0.933 bits per heavy atom. The van der Waals surface area contributed by atoms with E-state index in [1.165, 1.54) is 9.13 Å². The molecule has 4 aromatic rings. The van der Waals surface area contributed by atoms with Crippen molar-refractivity contribution in [3.05, 3.63) is 105 Å². The molecule has 7 heteroatoms. The maximum atomic E-state index is 12.8. The number of hydrogen-bond donors (Lipinski definition) is 2. The number of nitrogens with one attached hydrogen (secondary N) is 1. The molecule has 0 spiro atoms. The topological polar surface area (TPSA) is 99.1 Å². The highest BCUT2D eigenvalue weighted by molar-refractivity contribution is 6.05. The summed E-state index contributed by atoms with van der Waals surface area (Å²) in [7, 11) is 1.64. The lowest BCUT2D eigenvalue weighted by molar-refractivity contribution is 0.102. The fourth-order valence-electron chi connectivity index (χ4n) is 3.35. The molecular weight excluding hydrogens is 380 g/mol. The van der Waals surface area contributed by atoms with Crippen LogP contribution in [0.25, 0.3) is 10.9 Å². The third kappa shape index (κ3) is 3.48. The number of carbonyl (C=O) groups excluding carboxylic acids is 1. The molecule has 0 saturated heterocycles. The second-order valence-electron chi connectivity index (χ2n) is 6.99. The molecule has 1 heterocycles. The molecular formula is C23H20N4O3. The van der Waals surface area contributed by atoms with Crippen LogP contribution in [0.2, 0.25) is 0 Å². The molecule has 0 bridgehead atoms. The number of aryl methyl sites for hydroxylation is 1. The van der Waals surface area contributed by atoms with Gasteiger partial charge in [-0.05, 0) is 42.0 Å². The van der Waals surface area contributed by atoms with Gasteiger partial charge >= 0.3 is 5.69 Å². The monoisotopic (exact) mass is 400 g/mol. The Balaban J connectivity index is 1.60. The number of aromatic nitrogens is 2. The normalized spacial score (nSPS) is 10.8. The molecule has 0 atom stereocenters. The summed E-state index contributed by atoms with van der Waals surface area (Å²) in [4.78, 5) is 37.9. The Labute approximate surface area is 172 Å². The van der Waals surface area contributed by atoms with Crippen LogP contribution in [0.5, 0.6) is 0 Å². The molecule has 3 N–H and O–H groups in total. The van der Waals surface area contributed by atoms with Crippen molar-refractivity contribution < 1.29 is 4.79 Å². The van der Waals surface area contributed by atoms with E-state index < -0.39 is 0 Å². The summed E-state index contributed by atoms with van der Waals surface area (Å²) in [5.41, 5.74) is 7.93. The van der Waals surface area contributed by atoms with Crippen molar-refractivity contribution in [2.45, 2.75) is 6.54 Å². The van der Waals surface area contributed by atoms with Crippen molar-refractivity contribution in [1.29, 1.82) is 0 Å². The van der Waals surface area contributed by atoms with E-state index in [-0.39, 0.29) is 23.7 Å². The van der Waals surface area contributed by atoms with E-state index in [0.29, 0.717) is 27.8 Å². The van der Waals surface area contributed by atoms with Gasteiger partial charge in [0.25, 0.3) is 11.5 Å². The standard InChI is InChI=1S/C23H20N4O3/c1-26-20-9-5-2-6-17(20)22(29)27(23(26)30)14-15-10-12-16(13-11-15)21(28)25-19-8-4-3-7-18(19)24/h2-13H,14,24H2,1H3,(H,25,28). The molecule has 0 saturated carbocycles. The molecule has 0 fully saturated rings. The third-order valence-corrected chi connectivity index (χ3v) is 5.02. The number of carbonyl (C=O) groups is 1. The SMILES string of the molecule is Cn1c(=O)n(Cc2ccc(C(=O)Nc3ccccc3N)cc2)c(=O)c2ccccc21. The lowest BCUT2D eigenvalue weighted by Gasteiger charge is -2.11. The number of amides is 1. The van der Waals surface area contributed by atoms with E-state index in [2.05, 4.69) is 5.32 Å². The zero-order valence-electron chi connectivity index (χ0n) is 16.3. The number of fused-ring (bicyclic) bond motifs is 1. The number of nitrogens with two attached hydrogens (primary N) is 1. The van der Waals surface area contributed by atoms with Crippen molar-refractivity contribution >= 4 is 28.2 Å². The molecule has 1 amide bonds. The van der Waals surface area contributed by atoms with Crippen LogP contribution in [0.3, 0.4) is 0 Å². The van der Waals surface area contributed by atoms with Crippen LogP contribution in [-0.2, 0) is 13.6 Å². The number of nitrogens with zero attached hydrogens (tertiary/aromatic N) is 2. The maximum absolute atomic E-state index is 12.8. The Morgan fingerprint density at radius 3 is 2.33 bits per heavy atom. The zero-order valence-corrected chi connectivity index (χ0v) is 16.3. The van der Waals surface area contributed by atoms with E-state index >= 15 is 0 Å². The highest BCUT2D eigenvalue weighted by Gasteiger charge is 2.12. The number of benzene rings is 3. The molecule has 1 aromatic heterocycles. The Morgan fingerprint density at radius 2 is 1.60 bits per heavy atom. The summed E-state index contributed by atoms with van der Waals surface area (Å²) in [6.07, 6.45) is 0. The first kappa shape index (κ1) is 19.2. The lowest BCUT2D eigenvalue weighted by Crippen LogP contribution is -2.39. The van der Waals surface area contributed by atoms with Crippen LogP contribution in [0.4, 0.5) is 11.4 Å². The van der Waals surface area contributed by atoms with Gasteiger partial charge in [0.1, 0.15) is 0 Å². The predicted octanol–water partition coefficient (Wildman–Crippen LogP) is 2.58. The lowest BCUT2D eigenvalue weighted by atomic mass is 10.1. The highest BCUT2D eigenvalue weighted by atomic mass is 16.2. The number of para-hydroxylation sites is 3. The first-order valence-corrected chi connectivity index (χ1v) is 9.39. The number of rotatable bonds is 4. The predicted molar refractivity (Wildman–Crippen MR) is 118 cm³/mol. The van der Waals surface area contributed by atoms with E-state index in [0.717, 1.165) is 5.56 Å². The maximum Gasteiger partial charge on any atom is 0.331 e. The van der Waals surface area contributed by atoms with Crippen LogP contribution in [0.1, 0.15) is 15.9 Å². The summed E-state index contributed by atoms with van der Waals surface area (Å²) in [6.45, 7) is 0.115. The van der Waals surface area contributed by atoms with Gasteiger partial charge in [0.2, 0.25) is 0 Å². The van der Waals surface area contributed by atoms with Crippen molar-refractivity contribution in [2.75, 3.05) is 11.1 Å². The van der Waals surface area contributed by atoms with Crippen LogP contribution in [0, 0.1) is 0 Å². The van der Waals surface area contributed by atoms with Crippen molar-refractivity contribution in [2.24, 2.45) is 7.05 Å². The fraction of sp³-hybridized carbons (Fsp3) is 0.0870. The van der Waals surface area contributed by atoms with Gasteiger partial charge in [-0.25, -0.2) is 4.79 Å². The summed E-state index contributed by atoms with van der Waals surface area (Å²) >= 11 is 0. The third-order valence-electron chi connectivity index (χ3n) is 5.02. The summed E-state index contributed by atoms with van der Waals surface area (Å²) in [5.74, 6) is -0.293. The molecule has 150 valence electrons. The van der Waals surface area contributed by atoms with Gasteiger partial charge < -0.3 is 11.1 Å². The van der Waals surface area contributed by atoms with Gasteiger partial charge in [-0.3, -0.25) is 18.7 Å². The zero-order chi connectivity index (χ0) is 21.3. The summed E-state index contributed by atoms with van der Waals surface area (Å²) in [5, 5.41) is 3.25. The van der Waals surface area contributed by atoms with Crippen LogP contribution in [0.15, 0.2) is 82.4 Å². The average Bonchev–Trinajstić information content (AvgIpc) is 2.77. The minimum absolute atomic E-state index is 0.115. The summed E-state index contributed by atoms with van der Waals surface area (Å²) in [6, 6.07) is 20.8. The van der Waals surface area contributed by atoms with Gasteiger partial charge in [-0.2, -0.15) is 0 Å².